The Balaban J connectivity index is 2.29. The van der Waals surface area contributed by atoms with Gasteiger partial charge in [-0.15, -0.1) is 0 Å². The number of hydrogen-bond acceptors (Lipinski definition) is 2. The summed E-state index contributed by atoms with van der Waals surface area (Å²) in [7, 11) is 3.91. The lowest BCUT2D eigenvalue weighted by Gasteiger charge is -2.21. The maximum atomic E-state index is 13.0. The molecule has 0 fully saturated rings. The number of benzene rings is 2. The van der Waals surface area contributed by atoms with E-state index in [9.17, 15) is 4.39 Å². The quantitative estimate of drug-likeness (QED) is 0.875. The zero-order valence-corrected chi connectivity index (χ0v) is 13.4. The lowest BCUT2D eigenvalue weighted by Crippen LogP contribution is -2.14. The smallest absolute Gasteiger partial charge is 0.123 e. The zero-order chi connectivity index (χ0) is 14.7. The van der Waals surface area contributed by atoms with Crippen molar-refractivity contribution in [3.05, 3.63) is 58.3 Å². The van der Waals surface area contributed by atoms with Crippen LogP contribution in [-0.2, 0) is 0 Å². The van der Waals surface area contributed by atoms with Gasteiger partial charge in [-0.2, -0.15) is 0 Å². The zero-order valence-electron chi connectivity index (χ0n) is 11.8. The van der Waals surface area contributed by atoms with E-state index >= 15 is 0 Å². The van der Waals surface area contributed by atoms with Crippen LogP contribution in [-0.4, -0.2) is 14.1 Å². The Kier molecular flexibility index (Phi) is 4.78. The molecule has 0 amide bonds. The summed E-state index contributed by atoms with van der Waals surface area (Å²) in [5.74, 6) is -0.221. The van der Waals surface area contributed by atoms with Crippen molar-refractivity contribution in [2.45, 2.75) is 13.0 Å². The molecular weight excluding hydrogens is 319 g/mol. The van der Waals surface area contributed by atoms with Crippen LogP contribution in [0.2, 0.25) is 0 Å². The van der Waals surface area contributed by atoms with E-state index in [4.69, 9.17) is 0 Å². The maximum absolute atomic E-state index is 13.0. The molecule has 20 heavy (non-hydrogen) atoms. The molecule has 0 aromatic heterocycles. The van der Waals surface area contributed by atoms with Gasteiger partial charge < -0.3 is 10.2 Å². The molecule has 0 bridgehead atoms. The minimum absolute atomic E-state index is 0.221. The highest BCUT2D eigenvalue weighted by Gasteiger charge is 2.10. The lowest BCUT2D eigenvalue weighted by atomic mass is 10.1. The SMILES string of the molecule is CNC(C)c1ccc(N(C)c2ccc(F)cc2)cc1Br. The highest BCUT2D eigenvalue weighted by molar-refractivity contribution is 9.10. The van der Waals surface area contributed by atoms with E-state index in [1.54, 1.807) is 12.1 Å². The van der Waals surface area contributed by atoms with Gasteiger partial charge in [0.1, 0.15) is 5.82 Å². The summed E-state index contributed by atoms with van der Waals surface area (Å²) < 4.78 is 14.0. The fraction of sp³-hybridized carbons (Fsp3) is 0.250. The Morgan fingerprint density at radius 1 is 1.10 bits per heavy atom. The van der Waals surface area contributed by atoms with Crippen LogP contribution in [0.3, 0.4) is 0 Å². The first-order valence-electron chi connectivity index (χ1n) is 6.49. The summed E-state index contributed by atoms with van der Waals surface area (Å²) in [6, 6.07) is 13.0. The van der Waals surface area contributed by atoms with E-state index in [1.807, 2.05) is 19.0 Å². The van der Waals surface area contributed by atoms with Crippen LogP contribution < -0.4 is 10.2 Å². The number of halogens is 2. The highest BCUT2D eigenvalue weighted by Crippen LogP contribution is 2.30. The molecule has 0 radical (unpaired) electrons. The van der Waals surface area contributed by atoms with Crippen LogP contribution in [0.5, 0.6) is 0 Å². The van der Waals surface area contributed by atoms with Gasteiger partial charge in [-0.3, -0.25) is 0 Å². The van der Waals surface area contributed by atoms with E-state index < -0.39 is 0 Å². The van der Waals surface area contributed by atoms with Crippen molar-refractivity contribution >= 4 is 27.3 Å². The van der Waals surface area contributed by atoms with Crippen molar-refractivity contribution in [2.75, 3.05) is 19.0 Å². The first-order chi connectivity index (χ1) is 9.52. The van der Waals surface area contributed by atoms with Gasteiger partial charge in [0, 0.05) is 28.9 Å². The van der Waals surface area contributed by atoms with E-state index in [0.717, 1.165) is 15.8 Å². The first kappa shape index (κ1) is 15.0. The maximum Gasteiger partial charge on any atom is 0.123 e. The molecule has 2 nitrogen and oxygen atoms in total. The molecule has 4 heteroatoms. The Morgan fingerprint density at radius 2 is 1.70 bits per heavy atom. The Hall–Kier alpha value is -1.39. The van der Waals surface area contributed by atoms with Crippen molar-refractivity contribution in [2.24, 2.45) is 0 Å². The minimum Gasteiger partial charge on any atom is -0.345 e. The van der Waals surface area contributed by atoms with Gasteiger partial charge >= 0.3 is 0 Å². The number of anilines is 2. The largest absolute Gasteiger partial charge is 0.345 e. The third-order valence-corrected chi connectivity index (χ3v) is 4.17. The van der Waals surface area contributed by atoms with Crippen molar-refractivity contribution in [3.63, 3.8) is 0 Å². The first-order valence-corrected chi connectivity index (χ1v) is 7.28. The molecule has 0 aliphatic heterocycles. The molecule has 0 heterocycles. The molecular formula is C16H18BrFN2. The molecule has 0 saturated heterocycles. The van der Waals surface area contributed by atoms with Crippen molar-refractivity contribution < 1.29 is 4.39 Å². The van der Waals surface area contributed by atoms with Crippen LogP contribution in [0.25, 0.3) is 0 Å². The van der Waals surface area contributed by atoms with Crippen LogP contribution in [0.4, 0.5) is 15.8 Å². The van der Waals surface area contributed by atoms with Crippen molar-refractivity contribution in [3.8, 4) is 0 Å². The van der Waals surface area contributed by atoms with Crippen LogP contribution in [0.1, 0.15) is 18.5 Å². The molecule has 0 spiro atoms. The van der Waals surface area contributed by atoms with Crippen LogP contribution in [0, 0.1) is 5.82 Å². The molecule has 1 atom stereocenters. The van der Waals surface area contributed by atoms with Crippen LogP contribution in [0.15, 0.2) is 46.9 Å². The van der Waals surface area contributed by atoms with Gasteiger partial charge in [0.2, 0.25) is 0 Å². The molecule has 106 valence electrons. The third-order valence-electron chi connectivity index (χ3n) is 3.48. The Morgan fingerprint density at radius 3 is 2.25 bits per heavy atom. The summed E-state index contributed by atoms with van der Waals surface area (Å²) in [4.78, 5) is 2.03. The van der Waals surface area contributed by atoms with E-state index in [2.05, 4.69) is 46.4 Å². The van der Waals surface area contributed by atoms with Gasteiger partial charge in [-0.1, -0.05) is 22.0 Å². The summed E-state index contributed by atoms with van der Waals surface area (Å²) >= 11 is 3.61. The van der Waals surface area contributed by atoms with Gasteiger partial charge in [0.15, 0.2) is 0 Å². The normalized spacial score (nSPS) is 12.2. The number of nitrogens with zero attached hydrogens (tertiary/aromatic N) is 1. The average Bonchev–Trinajstić information content (AvgIpc) is 2.46. The summed E-state index contributed by atoms with van der Waals surface area (Å²) in [5.41, 5.74) is 3.21. The highest BCUT2D eigenvalue weighted by atomic mass is 79.9. The number of hydrogen-bond donors (Lipinski definition) is 1. The molecule has 0 aliphatic rings. The molecule has 0 saturated carbocycles. The fourth-order valence-corrected chi connectivity index (χ4v) is 2.76. The molecule has 2 rings (SSSR count). The van der Waals surface area contributed by atoms with E-state index in [0.29, 0.717) is 0 Å². The Labute approximate surface area is 127 Å². The van der Waals surface area contributed by atoms with Gasteiger partial charge in [0.25, 0.3) is 0 Å². The topological polar surface area (TPSA) is 15.3 Å². The standard InChI is InChI=1S/C16H18BrFN2/c1-11(19-2)15-9-8-14(10-16(15)17)20(3)13-6-4-12(18)5-7-13/h4-11,19H,1-3H3. The molecule has 0 aliphatic carbocycles. The van der Waals surface area contributed by atoms with Crippen LogP contribution >= 0.6 is 15.9 Å². The molecule has 1 unspecified atom stereocenters. The second kappa shape index (κ2) is 6.37. The van der Waals surface area contributed by atoms with Gasteiger partial charge in [-0.25, -0.2) is 4.39 Å². The second-order valence-corrected chi connectivity index (χ2v) is 5.61. The predicted octanol–water partition coefficient (Wildman–Crippen LogP) is 4.64. The molecule has 1 N–H and O–H groups in total. The monoisotopic (exact) mass is 336 g/mol. The lowest BCUT2D eigenvalue weighted by molar-refractivity contribution is 0.628. The van der Waals surface area contributed by atoms with Gasteiger partial charge in [0.05, 0.1) is 0 Å². The van der Waals surface area contributed by atoms with Gasteiger partial charge in [-0.05, 0) is 55.9 Å². The molecule has 2 aromatic carbocycles. The summed E-state index contributed by atoms with van der Waals surface area (Å²) in [6.45, 7) is 2.11. The second-order valence-electron chi connectivity index (χ2n) is 4.75. The predicted molar refractivity (Wildman–Crippen MR) is 86.1 cm³/mol. The molecule has 2 aromatic rings. The summed E-state index contributed by atoms with van der Waals surface area (Å²) in [5, 5.41) is 3.22. The fourth-order valence-electron chi connectivity index (χ4n) is 2.05. The Bertz CT molecular complexity index is 584. The number of nitrogens with one attached hydrogen (secondary N) is 1. The van der Waals surface area contributed by atoms with E-state index in [1.165, 1.54) is 17.7 Å². The minimum atomic E-state index is -0.221. The van der Waals surface area contributed by atoms with Crippen molar-refractivity contribution in [1.29, 1.82) is 0 Å². The number of rotatable bonds is 4. The average molecular weight is 337 g/mol. The summed E-state index contributed by atoms with van der Waals surface area (Å²) in [6.07, 6.45) is 0. The van der Waals surface area contributed by atoms with E-state index in [-0.39, 0.29) is 11.9 Å². The third kappa shape index (κ3) is 3.19. The van der Waals surface area contributed by atoms with Crippen molar-refractivity contribution in [1.82, 2.24) is 5.32 Å².